The van der Waals surface area contributed by atoms with E-state index in [-0.39, 0.29) is 12.0 Å². The largest absolute Gasteiger partial charge is 0.488 e. The molecule has 6 nitrogen and oxygen atoms in total. The van der Waals surface area contributed by atoms with E-state index in [1.807, 2.05) is 24.3 Å². The lowest BCUT2D eigenvalue weighted by molar-refractivity contribution is 0.0730. The molecule has 1 amide bonds. The number of carbonyl (C=O) groups excluding carboxylic acids is 1. The number of para-hydroxylation sites is 1. The Morgan fingerprint density at radius 2 is 1.88 bits per heavy atom. The first-order valence-corrected chi connectivity index (χ1v) is 8.41. The van der Waals surface area contributed by atoms with Gasteiger partial charge in [0.15, 0.2) is 0 Å². The number of aromatic nitrogens is 3. The monoisotopic (exact) mass is 346 g/mol. The Labute approximate surface area is 151 Å². The lowest BCUT2D eigenvalue weighted by atomic mass is 10.1. The maximum Gasteiger partial charge on any atom is 0.255 e. The van der Waals surface area contributed by atoms with Crippen LogP contribution in [0.15, 0.2) is 61.4 Å². The highest BCUT2D eigenvalue weighted by atomic mass is 16.5. The fraction of sp³-hybridized carbons (Fsp3) is 0.200. The Hall–Kier alpha value is -3.28. The van der Waals surface area contributed by atoms with Gasteiger partial charge < -0.3 is 9.64 Å². The summed E-state index contributed by atoms with van der Waals surface area (Å²) in [4.78, 5) is 26.7. The molecule has 1 unspecified atom stereocenters. The first kappa shape index (κ1) is 16.2. The summed E-state index contributed by atoms with van der Waals surface area (Å²) in [5.41, 5.74) is 3.36. The second kappa shape index (κ2) is 6.92. The molecule has 130 valence electrons. The Kier molecular flexibility index (Phi) is 4.31. The van der Waals surface area contributed by atoms with Crippen LogP contribution < -0.4 is 4.74 Å². The SMILES string of the molecule is CN(CC1Cc2ccccc2O1)C(=O)c1cncc(-c2cncnc2)c1. The molecule has 3 aromatic rings. The molecule has 0 N–H and O–H groups in total. The highest BCUT2D eigenvalue weighted by molar-refractivity contribution is 5.94. The predicted octanol–water partition coefficient (Wildman–Crippen LogP) is 2.61. The zero-order valence-corrected chi connectivity index (χ0v) is 14.4. The van der Waals surface area contributed by atoms with Crippen molar-refractivity contribution in [2.45, 2.75) is 12.5 Å². The summed E-state index contributed by atoms with van der Waals surface area (Å²) in [5, 5.41) is 0. The molecule has 0 saturated carbocycles. The topological polar surface area (TPSA) is 68.2 Å². The molecule has 0 aliphatic carbocycles. The van der Waals surface area contributed by atoms with E-state index in [9.17, 15) is 4.79 Å². The van der Waals surface area contributed by atoms with Crippen molar-refractivity contribution in [3.8, 4) is 16.9 Å². The summed E-state index contributed by atoms with van der Waals surface area (Å²) in [6.07, 6.45) is 8.94. The second-order valence-corrected chi connectivity index (χ2v) is 6.33. The Balaban J connectivity index is 1.46. The predicted molar refractivity (Wildman–Crippen MR) is 96.8 cm³/mol. The number of pyridine rings is 1. The van der Waals surface area contributed by atoms with Crippen LogP contribution in [0.2, 0.25) is 0 Å². The normalized spacial score (nSPS) is 15.2. The third-order valence-corrected chi connectivity index (χ3v) is 4.42. The van der Waals surface area contributed by atoms with Crippen molar-refractivity contribution in [2.24, 2.45) is 0 Å². The van der Waals surface area contributed by atoms with Crippen molar-refractivity contribution in [3.05, 3.63) is 72.6 Å². The van der Waals surface area contributed by atoms with Crippen LogP contribution in [0.5, 0.6) is 5.75 Å². The second-order valence-electron chi connectivity index (χ2n) is 6.33. The third-order valence-electron chi connectivity index (χ3n) is 4.42. The van der Waals surface area contributed by atoms with Crippen molar-refractivity contribution in [2.75, 3.05) is 13.6 Å². The maximum absolute atomic E-state index is 12.8. The molecule has 0 spiro atoms. The summed E-state index contributed by atoms with van der Waals surface area (Å²) < 4.78 is 5.93. The minimum absolute atomic E-state index is 0.0278. The van der Waals surface area contributed by atoms with E-state index in [4.69, 9.17) is 4.74 Å². The number of likely N-dealkylation sites (N-methyl/N-ethyl adjacent to an activating group) is 1. The summed E-state index contributed by atoms with van der Waals surface area (Å²) in [5.74, 6) is 0.821. The molecule has 1 atom stereocenters. The molecule has 26 heavy (non-hydrogen) atoms. The first-order valence-electron chi connectivity index (χ1n) is 8.41. The van der Waals surface area contributed by atoms with E-state index in [2.05, 4.69) is 21.0 Å². The van der Waals surface area contributed by atoms with E-state index in [0.29, 0.717) is 12.1 Å². The van der Waals surface area contributed by atoms with Gasteiger partial charge in [-0.3, -0.25) is 9.78 Å². The van der Waals surface area contributed by atoms with Gasteiger partial charge in [0, 0.05) is 49.4 Å². The number of nitrogens with zero attached hydrogens (tertiary/aromatic N) is 4. The Bertz CT molecular complexity index is 905. The fourth-order valence-corrected chi connectivity index (χ4v) is 3.13. The van der Waals surface area contributed by atoms with E-state index in [0.717, 1.165) is 23.3 Å². The average Bonchev–Trinajstić information content (AvgIpc) is 3.10. The summed E-state index contributed by atoms with van der Waals surface area (Å²) in [7, 11) is 1.78. The van der Waals surface area contributed by atoms with E-state index in [1.54, 1.807) is 36.7 Å². The molecule has 0 radical (unpaired) electrons. The number of rotatable bonds is 4. The quantitative estimate of drug-likeness (QED) is 0.726. The number of hydrogen-bond donors (Lipinski definition) is 0. The maximum atomic E-state index is 12.8. The van der Waals surface area contributed by atoms with Crippen LogP contribution in [0, 0.1) is 0 Å². The molecular weight excluding hydrogens is 328 g/mol. The van der Waals surface area contributed by atoms with Gasteiger partial charge in [0.25, 0.3) is 5.91 Å². The smallest absolute Gasteiger partial charge is 0.255 e. The molecule has 0 saturated heterocycles. The van der Waals surface area contributed by atoms with Crippen LogP contribution in [0.3, 0.4) is 0 Å². The Morgan fingerprint density at radius 1 is 1.12 bits per heavy atom. The third kappa shape index (κ3) is 3.26. The number of fused-ring (bicyclic) bond motifs is 1. The molecule has 0 bridgehead atoms. The van der Waals surface area contributed by atoms with Crippen LogP contribution >= 0.6 is 0 Å². The van der Waals surface area contributed by atoms with Crippen molar-refractivity contribution in [3.63, 3.8) is 0 Å². The highest BCUT2D eigenvalue weighted by Gasteiger charge is 2.25. The zero-order chi connectivity index (χ0) is 17.9. The molecule has 4 rings (SSSR count). The van der Waals surface area contributed by atoms with Crippen molar-refractivity contribution >= 4 is 5.91 Å². The van der Waals surface area contributed by atoms with Gasteiger partial charge in [-0.25, -0.2) is 9.97 Å². The molecule has 2 aromatic heterocycles. The minimum Gasteiger partial charge on any atom is -0.488 e. The van der Waals surface area contributed by atoms with Gasteiger partial charge >= 0.3 is 0 Å². The van der Waals surface area contributed by atoms with Crippen LogP contribution in [0.25, 0.3) is 11.1 Å². The van der Waals surface area contributed by atoms with Gasteiger partial charge in [0.05, 0.1) is 12.1 Å². The van der Waals surface area contributed by atoms with Crippen molar-refractivity contribution in [1.82, 2.24) is 19.9 Å². The Morgan fingerprint density at radius 3 is 2.69 bits per heavy atom. The zero-order valence-electron chi connectivity index (χ0n) is 14.4. The fourth-order valence-electron chi connectivity index (χ4n) is 3.13. The number of amides is 1. The van der Waals surface area contributed by atoms with E-state index in [1.165, 1.54) is 11.9 Å². The van der Waals surface area contributed by atoms with E-state index >= 15 is 0 Å². The number of ether oxygens (including phenoxy) is 1. The van der Waals surface area contributed by atoms with Crippen LogP contribution in [0.4, 0.5) is 0 Å². The average molecular weight is 346 g/mol. The highest BCUT2D eigenvalue weighted by Crippen LogP contribution is 2.28. The number of benzene rings is 1. The van der Waals surface area contributed by atoms with E-state index < -0.39 is 0 Å². The van der Waals surface area contributed by atoms with Crippen LogP contribution in [-0.4, -0.2) is 45.5 Å². The van der Waals surface area contributed by atoms with Gasteiger partial charge in [-0.15, -0.1) is 0 Å². The van der Waals surface area contributed by atoms with Gasteiger partial charge in [-0.2, -0.15) is 0 Å². The molecule has 6 heteroatoms. The van der Waals surface area contributed by atoms with Crippen molar-refractivity contribution < 1.29 is 9.53 Å². The molecule has 1 aliphatic heterocycles. The summed E-state index contributed by atoms with van der Waals surface area (Å²) in [6, 6.07) is 9.80. The molecule has 1 aliphatic rings. The molecular formula is C20H18N4O2. The van der Waals surface area contributed by atoms with Gasteiger partial charge in [-0.1, -0.05) is 18.2 Å². The summed E-state index contributed by atoms with van der Waals surface area (Å²) in [6.45, 7) is 0.520. The molecule has 3 heterocycles. The van der Waals surface area contributed by atoms with Gasteiger partial charge in [0.2, 0.25) is 0 Å². The number of hydrogen-bond acceptors (Lipinski definition) is 5. The van der Waals surface area contributed by atoms with Gasteiger partial charge in [-0.05, 0) is 17.7 Å². The summed E-state index contributed by atoms with van der Waals surface area (Å²) >= 11 is 0. The molecule has 1 aromatic carbocycles. The standard InChI is InChI=1S/C20H18N4O2/c1-24(12-18-7-14-4-2-3-5-19(14)26-18)20(25)16-6-15(8-21-9-16)17-10-22-13-23-11-17/h2-6,8-11,13,18H,7,12H2,1H3. The van der Waals surface area contributed by atoms with Crippen LogP contribution in [0.1, 0.15) is 15.9 Å². The lowest BCUT2D eigenvalue weighted by Gasteiger charge is -2.21. The first-order chi connectivity index (χ1) is 12.7. The van der Waals surface area contributed by atoms with Crippen molar-refractivity contribution in [1.29, 1.82) is 0 Å². The molecule has 0 fully saturated rings. The van der Waals surface area contributed by atoms with Gasteiger partial charge in [0.1, 0.15) is 18.2 Å². The number of carbonyl (C=O) groups is 1. The van der Waals surface area contributed by atoms with Crippen LogP contribution in [-0.2, 0) is 6.42 Å². The lowest BCUT2D eigenvalue weighted by Crippen LogP contribution is -2.36. The minimum atomic E-state index is -0.0873.